The first-order valence-electron chi connectivity index (χ1n) is 10.8. The summed E-state index contributed by atoms with van der Waals surface area (Å²) < 4.78 is 37.6. The van der Waals surface area contributed by atoms with Crippen LogP contribution in [-0.4, -0.2) is 94.3 Å². The van der Waals surface area contributed by atoms with Gasteiger partial charge in [-0.05, 0) is 19.3 Å². The molecule has 1 fully saturated rings. The van der Waals surface area contributed by atoms with Gasteiger partial charge in [-0.25, -0.2) is 4.79 Å². The van der Waals surface area contributed by atoms with E-state index in [1.165, 1.54) is 22.8 Å². The summed E-state index contributed by atoms with van der Waals surface area (Å²) in [6.07, 6.45) is 2.80. The molecule has 2 aliphatic rings. The van der Waals surface area contributed by atoms with Crippen LogP contribution in [0.1, 0.15) is 42.6 Å². The van der Waals surface area contributed by atoms with Gasteiger partial charge >= 0.3 is 22.4 Å². The van der Waals surface area contributed by atoms with Gasteiger partial charge < -0.3 is 21.1 Å². The summed E-state index contributed by atoms with van der Waals surface area (Å²) in [4.78, 5) is 46.3. The average Bonchev–Trinajstić information content (AvgIpc) is 3.31. The minimum Gasteiger partial charge on any atom is -0.480 e. The van der Waals surface area contributed by atoms with Gasteiger partial charge in [0.2, 0.25) is 5.91 Å². The highest BCUT2D eigenvalue weighted by molar-refractivity contribution is 7.80. The smallest absolute Gasteiger partial charge is 0.418 e. The van der Waals surface area contributed by atoms with Crippen LogP contribution in [0.25, 0.3) is 0 Å². The Morgan fingerprint density at radius 3 is 2.75 bits per heavy atom. The maximum atomic E-state index is 12.9. The molecule has 3 atom stereocenters. The lowest BCUT2D eigenvalue weighted by Gasteiger charge is -2.31. The molecule has 2 aliphatic heterocycles. The molecule has 1 saturated heterocycles. The molecule has 3 heterocycles. The van der Waals surface area contributed by atoms with E-state index in [-0.39, 0.29) is 12.4 Å². The first kappa shape index (κ1) is 27.3. The van der Waals surface area contributed by atoms with Gasteiger partial charge in [-0.2, -0.15) is 18.6 Å². The number of carboxylic acids is 1. The van der Waals surface area contributed by atoms with Crippen molar-refractivity contribution in [1.29, 1.82) is 0 Å². The molecule has 2 bridgehead atoms. The number of carbonyl (C=O) groups is 3. The second-order valence-electron chi connectivity index (χ2n) is 8.08. The Labute approximate surface area is 206 Å². The van der Waals surface area contributed by atoms with Gasteiger partial charge in [0.1, 0.15) is 24.0 Å². The first-order valence-corrected chi connectivity index (χ1v) is 12.2. The minimum atomic E-state index is -4.96. The number of aliphatic carboxylic acids is 1. The summed E-state index contributed by atoms with van der Waals surface area (Å²) in [5.74, 6) is -1.39. The maximum absolute atomic E-state index is 12.9. The number of nitrogens with zero attached hydrogens (tertiary/aromatic N) is 5. The molecule has 18 heteroatoms. The highest BCUT2D eigenvalue weighted by atomic mass is 32.3. The molecule has 3 amide bonds. The number of amidine groups is 1. The Hall–Kier alpha value is -3.32. The number of aromatic nitrogens is 2. The molecule has 6 N–H and O–H groups in total. The van der Waals surface area contributed by atoms with Crippen molar-refractivity contribution < 1.29 is 41.6 Å². The minimum absolute atomic E-state index is 0.0183. The molecule has 3 rings (SSSR count). The van der Waals surface area contributed by atoms with Crippen LogP contribution in [0.2, 0.25) is 0 Å². The number of hydroxylamine groups is 3. The van der Waals surface area contributed by atoms with Crippen LogP contribution >= 0.6 is 0 Å². The number of hydrogen-bond donors (Lipinski definition) is 5. The fourth-order valence-electron chi connectivity index (χ4n) is 4.00. The number of urea groups is 1. The largest absolute Gasteiger partial charge is 0.480 e. The van der Waals surface area contributed by atoms with Crippen molar-refractivity contribution in [3.8, 4) is 0 Å². The van der Waals surface area contributed by atoms with Crippen LogP contribution in [0, 0.1) is 0 Å². The van der Waals surface area contributed by atoms with Gasteiger partial charge in [-0.15, -0.1) is 4.28 Å². The highest BCUT2D eigenvalue weighted by Gasteiger charge is 2.53. The second-order valence-corrected chi connectivity index (χ2v) is 9.08. The van der Waals surface area contributed by atoms with Crippen LogP contribution < -0.4 is 16.5 Å². The van der Waals surface area contributed by atoms with Crippen molar-refractivity contribution in [2.75, 3.05) is 26.7 Å². The lowest BCUT2D eigenvalue weighted by molar-refractivity contribution is -0.138. The van der Waals surface area contributed by atoms with Crippen LogP contribution in [-0.2, 0) is 36.2 Å². The maximum Gasteiger partial charge on any atom is 0.418 e. The number of hydrogen-bond acceptors (Lipinski definition) is 10. The number of amides is 3. The van der Waals surface area contributed by atoms with E-state index in [0.717, 1.165) is 0 Å². The summed E-state index contributed by atoms with van der Waals surface area (Å²) >= 11 is 0. The SMILES string of the molecule is CN=C(NOCC(=O)NCCCC[C@H](N)C(=O)O)[C@@H]1c2c(cnn2C)[C@@H]2CN1C(=O)N2OS(=O)(=O)O. The molecule has 17 nitrogen and oxygen atoms in total. The number of nitrogens with one attached hydrogen (secondary N) is 2. The Bertz CT molecular complexity index is 1140. The van der Waals surface area contributed by atoms with Crippen LogP contribution in [0.4, 0.5) is 4.79 Å². The fraction of sp³-hybridized carbons (Fsp3) is 0.611. The normalized spacial score (nSPS) is 20.3. The third kappa shape index (κ3) is 6.08. The zero-order valence-corrected chi connectivity index (χ0v) is 20.3. The second kappa shape index (κ2) is 11.2. The van der Waals surface area contributed by atoms with Crippen LogP contribution in [0.15, 0.2) is 11.2 Å². The van der Waals surface area contributed by atoms with Gasteiger partial charge in [0.15, 0.2) is 6.61 Å². The van der Waals surface area contributed by atoms with E-state index < -0.39 is 53.0 Å². The van der Waals surface area contributed by atoms with E-state index in [0.29, 0.717) is 42.1 Å². The van der Waals surface area contributed by atoms with E-state index in [9.17, 15) is 22.8 Å². The molecule has 0 aromatic carbocycles. The number of nitrogens with two attached hydrogens (primary N) is 1. The van der Waals surface area contributed by atoms with Gasteiger partial charge in [0.25, 0.3) is 0 Å². The molecular formula is C18H28N8O9S. The van der Waals surface area contributed by atoms with Gasteiger partial charge in [-0.3, -0.25) is 34.1 Å². The van der Waals surface area contributed by atoms with Crippen molar-refractivity contribution in [2.45, 2.75) is 37.4 Å². The summed E-state index contributed by atoms with van der Waals surface area (Å²) in [6, 6.07) is -3.49. The Balaban J connectivity index is 1.59. The summed E-state index contributed by atoms with van der Waals surface area (Å²) in [6.45, 7) is -0.0743. The Morgan fingerprint density at radius 2 is 2.11 bits per heavy atom. The third-order valence-corrected chi connectivity index (χ3v) is 6.02. The molecule has 200 valence electrons. The number of unbranched alkanes of at least 4 members (excludes halogenated alkanes) is 1. The quantitative estimate of drug-likeness (QED) is 0.0662. The fourth-order valence-corrected chi connectivity index (χ4v) is 4.37. The van der Waals surface area contributed by atoms with Crippen molar-refractivity contribution in [3.05, 3.63) is 17.5 Å². The van der Waals surface area contributed by atoms with E-state index in [4.69, 9.17) is 20.2 Å². The predicted molar refractivity (Wildman–Crippen MR) is 120 cm³/mol. The number of carboxylic acid groups (broad SMARTS) is 1. The van der Waals surface area contributed by atoms with Gasteiger partial charge in [0, 0.05) is 26.2 Å². The molecular weight excluding hydrogens is 504 g/mol. The van der Waals surface area contributed by atoms with Crippen molar-refractivity contribution in [3.63, 3.8) is 0 Å². The lowest BCUT2D eigenvalue weighted by atomic mass is 9.97. The molecule has 0 aliphatic carbocycles. The molecule has 0 saturated carbocycles. The van der Waals surface area contributed by atoms with Gasteiger partial charge in [0.05, 0.1) is 18.4 Å². The molecule has 0 spiro atoms. The summed E-state index contributed by atoms with van der Waals surface area (Å²) in [5, 5.41) is 16.1. The van der Waals surface area contributed by atoms with Crippen molar-refractivity contribution in [1.82, 2.24) is 30.5 Å². The zero-order valence-electron chi connectivity index (χ0n) is 19.5. The number of carbonyl (C=O) groups excluding carboxylic acids is 2. The molecule has 1 aromatic rings. The monoisotopic (exact) mass is 532 g/mol. The molecule has 36 heavy (non-hydrogen) atoms. The number of aryl methyl sites for hydroxylation is 1. The Morgan fingerprint density at radius 1 is 1.39 bits per heavy atom. The average molecular weight is 533 g/mol. The predicted octanol–water partition coefficient (Wildman–Crippen LogP) is -1.76. The van der Waals surface area contributed by atoms with Crippen molar-refractivity contribution >= 4 is 34.1 Å². The molecule has 1 aromatic heterocycles. The van der Waals surface area contributed by atoms with E-state index in [1.807, 2.05) is 0 Å². The molecule has 0 unspecified atom stereocenters. The third-order valence-electron chi connectivity index (χ3n) is 5.67. The number of aliphatic imine (C=N–C) groups is 1. The summed E-state index contributed by atoms with van der Waals surface area (Å²) in [5.41, 5.74) is 8.97. The number of fused-ring (bicyclic) bond motifs is 4. The van der Waals surface area contributed by atoms with Gasteiger partial charge in [-0.1, -0.05) is 0 Å². The van der Waals surface area contributed by atoms with E-state index in [2.05, 4.69) is 25.2 Å². The molecule has 0 radical (unpaired) electrons. The Kier molecular flexibility index (Phi) is 8.46. The van der Waals surface area contributed by atoms with Crippen molar-refractivity contribution in [2.24, 2.45) is 17.8 Å². The number of rotatable bonds is 12. The highest BCUT2D eigenvalue weighted by Crippen LogP contribution is 2.44. The standard InChI is InChI=1S/C18H28N8O9S/c1-20-16(23-34-9-13(27)21-6-4-3-5-11(19)17(28)29)15-14-10(7-22-24(14)2)12-8-25(15)18(30)26(12)35-36(31,32)33/h7,11-12,15H,3-6,8-9,19H2,1-2H3,(H,20,23)(H,21,27)(H,28,29)(H,31,32,33)/t11-,12-,15-/m0/s1. The summed E-state index contributed by atoms with van der Waals surface area (Å²) in [7, 11) is -1.90. The van der Waals surface area contributed by atoms with E-state index >= 15 is 0 Å². The van der Waals surface area contributed by atoms with Crippen LogP contribution in [0.5, 0.6) is 0 Å². The van der Waals surface area contributed by atoms with Crippen LogP contribution in [0.3, 0.4) is 0 Å². The topological polar surface area (TPSA) is 231 Å². The zero-order chi connectivity index (χ0) is 26.6. The lowest BCUT2D eigenvalue weighted by Crippen LogP contribution is -2.45. The van der Waals surface area contributed by atoms with E-state index in [1.54, 1.807) is 7.05 Å². The first-order chi connectivity index (χ1) is 16.9.